The van der Waals surface area contributed by atoms with Gasteiger partial charge >= 0.3 is 0 Å². The van der Waals surface area contributed by atoms with E-state index in [-0.39, 0.29) is 41.2 Å². The first-order valence-corrected chi connectivity index (χ1v) is 12.7. The molecule has 2 aromatic rings. The second-order valence-electron chi connectivity index (χ2n) is 10.7. The highest BCUT2D eigenvalue weighted by atomic mass is 79.9. The molecule has 178 valence electrons. The van der Waals surface area contributed by atoms with Gasteiger partial charge in [-0.3, -0.25) is 9.69 Å². The van der Waals surface area contributed by atoms with Crippen LogP contribution in [0.25, 0.3) is 0 Å². The Labute approximate surface area is 205 Å². The summed E-state index contributed by atoms with van der Waals surface area (Å²) in [5.74, 6) is 0.163. The average Bonchev–Trinajstić information content (AvgIpc) is 3.20. The second-order valence-corrected chi connectivity index (χ2v) is 11.6. The van der Waals surface area contributed by atoms with E-state index in [0.717, 1.165) is 23.2 Å². The average molecular weight is 516 g/mol. The van der Waals surface area contributed by atoms with Crippen LogP contribution in [0.2, 0.25) is 0 Å². The number of anilines is 1. The molecule has 0 aromatic heterocycles. The van der Waals surface area contributed by atoms with Gasteiger partial charge in [-0.1, -0.05) is 28.1 Å². The van der Waals surface area contributed by atoms with Gasteiger partial charge in [0.2, 0.25) is 5.91 Å². The fourth-order valence-corrected chi connectivity index (χ4v) is 5.77. The Bertz CT molecular complexity index is 960. The SMILES string of the molecule is C[C@@H]1CN(C(=O)[C@@H]2CN(C(C)(C)C)C[C@H]2c2ccc(Br)cc2)C[C@H](C)N1c1ccc(F)cc1. The largest absolute Gasteiger partial charge is 0.363 e. The Morgan fingerprint density at radius 1 is 0.909 bits per heavy atom. The fourth-order valence-electron chi connectivity index (χ4n) is 5.51. The first kappa shape index (κ1) is 24.2. The van der Waals surface area contributed by atoms with Crippen LogP contribution in [0.5, 0.6) is 0 Å². The zero-order chi connectivity index (χ0) is 23.9. The molecule has 0 aliphatic carbocycles. The smallest absolute Gasteiger partial charge is 0.227 e. The number of halogens is 2. The zero-order valence-corrected chi connectivity index (χ0v) is 21.8. The van der Waals surface area contributed by atoms with Crippen molar-refractivity contribution in [2.24, 2.45) is 5.92 Å². The third-order valence-electron chi connectivity index (χ3n) is 7.24. The quantitative estimate of drug-likeness (QED) is 0.537. The van der Waals surface area contributed by atoms with Crippen molar-refractivity contribution in [3.05, 3.63) is 64.4 Å². The summed E-state index contributed by atoms with van der Waals surface area (Å²) in [5, 5.41) is 0. The molecule has 0 N–H and O–H groups in total. The molecule has 2 saturated heterocycles. The molecule has 4 atom stereocenters. The van der Waals surface area contributed by atoms with Gasteiger partial charge in [-0.15, -0.1) is 0 Å². The number of hydrogen-bond acceptors (Lipinski definition) is 3. The maximum absolute atomic E-state index is 13.9. The Hall–Kier alpha value is -1.92. The summed E-state index contributed by atoms with van der Waals surface area (Å²) < 4.78 is 14.5. The number of carbonyl (C=O) groups excluding carboxylic acids is 1. The molecule has 0 bridgehead atoms. The molecule has 6 heteroatoms. The molecule has 2 aliphatic rings. The van der Waals surface area contributed by atoms with Crippen molar-refractivity contribution in [1.82, 2.24) is 9.80 Å². The van der Waals surface area contributed by atoms with E-state index in [1.165, 1.54) is 17.7 Å². The number of piperazine rings is 1. The van der Waals surface area contributed by atoms with E-state index < -0.39 is 0 Å². The minimum absolute atomic E-state index is 0.0184. The Morgan fingerprint density at radius 3 is 2.03 bits per heavy atom. The maximum Gasteiger partial charge on any atom is 0.227 e. The predicted octanol–water partition coefficient (Wildman–Crippen LogP) is 5.53. The number of rotatable bonds is 3. The first-order chi connectivity index (χ1) is 15.5. The van der Waals surface area contributed by atoms with Gasteiger partial charge in [-0.05, 0) is 76.6 Å². The molecule has 1 amide bonds. The maximum atomic E-state index is 13.9. The van der Waals surface area contributed by atoms with Crippen LogP contribution in [0.4, 0.5) is 10.1 Å². The minimum atomic E-state index is -0.225. The molecular formula is C27H35BrFN3O. The van der Waals surface area contributed by atoms with E-state index in [0.29, 0.717) is 13.1 Å². The van der Waals surface area contributed by atoms with Gasteiger partial charge in [0.25, 0.3) is 0 Å². The highest BCUT2D eigenvalue weighted by Crippen LogP contribution is 2.38. The van der Waals surface area contributed by atoms with Gasteiger partial charge in [0.05, 0.1) is 5.92 Å². The molecule has 33 heavy (non-hydrogen) atoms. The van der Waals surface area contributed by atoms with E-state index in [2.05, 4.69) is 89.5 Å². The molecule has 0 radical (unpaired) electrons. The number of likely N-dealkylation sites (tertiary alicyclic amines) is 1. The lowest BCUT2D eigenvalue weighted by Gasteiger charge is -2.46. The molecule has 0 spiro atoms. The van der Waals surface area contributed by atoms with Crippen molar-refractivity contribution in [1.29, 1.82) is 0 Å². The van der Waals surface area contributed by atoms with Crippen LogP contribution in [-0.4, -0.2) is 59.5 Å². The summed E-state index contributed by atoms with van der Waals surface area (Å²) in [6.07, 6.45) is 0. The third-order valence-corrected chi connectivity index (χ3v) is 7.77. The summed E-state index contributed by atoms with van der Waals surface area (Å²) in [7, 11) is 0. The Kier molecular flexibility index (Phi) is 6.88. The van der Waals surface area contributed by atoms with Crippen LogP contribution >= 0.6 is 15.9 Å². The van der Waals surface area contributed by atoms with E-state index in [9.17, 15) is 9.18 Å². The Balaban J connectivity index is 1.55. The molecule has 2 aliphatic heterocycles. The molecule has 4 rings (SSSR count). The van der Waals surface area contributed by atoms with E-state index >= 15 is 0 Å². The molecule has 2 heterocycles. The number of nitrogens with zero attached hydrogens (tertiary/aromatic N) is 3. The van der Waals surface area contributed by atoms with Gasteiger partial charge < -0.3 is 9.80 Å². The topological polar surface area (TPSA) is 26.8 Å². The van der Waals surface area contributed by atoms with Crippen molar-refractivity contribution >= 4 is 27.5 Å². The third kappa shape index (κ3) is 5.12. The normalized spacial score (nSPS) is 26.6. The van der Waals surface area contributed by atoms with Crippen molar-refractivity contribution in [2.45, 2.75) is 58.2 Å². The van der Waals surface area contributed by atoms with Gasteiger partial charge in [0.1, 0.15) is 5.82 Å². The van der Waals surface area contributed by atoms with Crippen molar-refractivity contribution in [3.63, 3.8) is 0 Å². The minimum Gasteiger partial charge on any atom is -0.363 e. The van der Waals surface area contributed by atoms with Gasteiger partial charge in [-0.2, -0.15) is 0 Å². The van der Waals surface area contributed by atoms with Gasteiger partial charge in [-0.25, -0.2) is 4.39 Å². The predicted molar refractivity (Wildman–Crippen MR) is 136 cm³/mol. The lowest BCUT2D eigenvalue weighted by Crippen LogP contribution is -2.59. The fraction of sp³-hybridized carbons (Fsp3) is 0.519. The Morgan fingerprint density at radius 2 is 1.48 bits per heavy atom. The highest BCUT2D eigenvalue weighted by molar-refractivity contribution is 9.10. The number of benzene rings is 2. The number of carbonyl (C=O) groups is 1. The first-order valence-electron chi connectivity index (χ1n) is 11.9. The standard InChI is InChI=1S/C27H35BrFN3O/c1-18-14-30(15-19(2)32(18)23-12-10-22(29)11-13-23)26(33)25-17-31(27(3,4)5)16-24(25)20-6-8-21(28)9-7-20/h6-13,18-19,24-25H,14-17H2,1-5H3/t18-,19+,24-,25+/m0/s1. The van der Waals surface area contributed by atoms with Gasteiger partial charge in [0.15, 0.2) is 0 Å². The monoisotopic (exact) mass is 515 g/mol. The summed E-state index contributed by atoms with van der Waals surface area (Å²) in [6, 6.07) is 15.5. The number of hydrogen-bond donors (Lipinski definition) is 0. The van der Waals surface area contributed by atoms with Crippen molar-refractivity contribution in [2.75, 3.05) is 31.1 Å². The molecule has 2 aromatic carbocycles. The van der Waals surface area contributed by atoms with Crippen molar-refractivity contribution in [3.8, 4) is 0 Å². The lowest BCUT2D eigenvalue weighted by atomic mass is 9.87. The highest BCUT2D eigenvalue weighted by Gasteiger charge is 2.45. The van der Waals surface area contributed by atoms with Crippen LogP contribution < -0.4 is 4.90 Å². The molecule has 4 nitrogen and oxygen atoms in total. The lowest BCUT2D eigenvalue weighted by molar-refractivity contribution is -0.137. The van der Waals surface area contributed by atoms with E-state index in [1.54, 1.807) is 0 Å². The van der Waals surface area contributed by atoms with Crippen LogP contribution in [0.15, 0.2) is 53.0 Å². The summed E-state index contributed by atoms with van der Waals surface area (Å²) >= 11 is 3.54. The molecular weight excluding hydrogens is 481 g/mol. The van der Waals surface area contributed by atoms with Crippen LogP contribution in [-0.2, 0) is 4.79 Å². The van der Waals surface area contributed by atoms with Gasteiger partial charge in [0, 0.05) is 59.9 Å². The second kappa shape index (κ2) is 9.38. The van der Waals surface area contributed by atoms with Crippen LogP contribution in [0.3, 0.4) is 0 Å². The molecule has 2 fully saturated rings. The summed E-state index contributed by atoms with van der Waals surface area (Å²) in [5.41, 5.74) is 2.26. The van der Waals surface area contributed by atoms with E-state index in [4.69, 9.17) is 0 Å². The molecule has 0 saturated carbocycles. The molecule has 0 unspecified atom stereocenters. The number of amides is 1. The van der Waals surface area contributed by atoms with E-state index in [1.807, 2.05) is 12.1 Å². The van der Waals surface area contributed by atoms with Crippen LogP contribution in [0, 0.1) is 11.7 Å². The summed E-state index contributed by atoms with van der Waals surface area (Å²) in [4.78, 5) is 20.8. The summed E-state index contributed by atoms with van der Waals surface area (Å²) in [6.45, 7) is 14.0. The van der Waals surface area contributed by atoms with Crippen LogP contribution in [0.1, 0.15) is 46.1 Å². The van der Waals surface area contributed by atoms with Crippen molar-refractivity contribution < 1.29 is 9.18 Å². The zero-order valence-electron chi connectivity index (χ0n) is 20.3.